The van der Waals surface area contributed by atoms with Crippen molar-refractivity contribution in [2.24, 2.45) is 0 Å². The zero-order chi connectivity index (χ0) is 13.1. The number of amides is 2. The molecule has 0 atom stereocenters. The average Bonchev–Trinajstić information content (AvgIpc) is 2.70. The van der Waals surface area contributed by atoms with Crippen LogP contribution in [0.5, 0.6) is 0 Å². The lowest BCUT2D eigenvalue weighted by Crippen LogP contribution is -2.34. The highest BCUT2D eigenvalue weighted by Crippen LogP contribution is 2.26. The maximum atomic E-state index is 11.5. The topological polar surface area (TPSA) is 40.6 Å². The molecule has 1 heterocycles. The lowest BCUT2D eigenvalue weighted by molar-refractivity contribution is -0.712. The first kappa shape index (κ1) is 14.3. The molecule has 0 radical (unpaired) electrons. The summed E-state index contributed by atoms with van der Waals surface area (Å²) in [4.78, 5) is 27.1. The van der Waals surface area contributed by atoms with E-state index < -0.39 is 0 Å². The van der Waals surface area contributed by atoms with Gasteiger partial charge in [-0.25, -0.2) is 9.59 Å². The van der Waals surface area contributed by atoms with E-state index in [-0.39, 0.29) is 16.3 Å². The van der Waals surface area contributed by atoms with Crippen molar-refractivity contribution in [3.63, 3.8) is 0 Å². The Balaban J connectivity index is 2.37. The molecule has 1 saturated heterocycles. The van der Waals surface area contributed by atoms with Gasteiger partial charge in [0.05, 0.1) is 13.1 Å². The highest BCUT2D eigenvalue weighted by atomic mass is 16.2. The van der Waals surface area contributed by atoms with Gasteiger partial charge in [0.25, 0.3) is 0 Å². The van der Waals surface area contributed by atoms with Gasteiger partial charge in [0.15, 0.2) is 0 Å². The summed E-state index contributed by atoms with van der Waals surface area (Å²) in [7, 11) is 8.01. The van der Waals surface area contributed by atoms with Gasteiger partial charge < -0.3 is 9.80 Å². The minimum atomic E-state index is -0.192. The predicted octanol–water partition coefficient (Wildman–Crippen LogP) is -0.227. The number of rotatable bonds is 8. The van der Waals surface area contributed by atoms with Crippen LogP contribution in [0.4, 0.5) is 0 Å². The second-order valence-corrected chi connectivity index (χ2v) is 5.34. The van der Waals surface area contributed by atoms with Crippen molar-refractivity contribution in [2.75, 3.05) is 54.4 Å². The van der Waals surface area contributed by atoms with Crippen LogP contribution in [0.2, 0.25) is 0 Å². The van der Waals surface area contributed by atoms with Gasteiger partial charge in [0.1, 0.15) is 0 Å². The molecule has 1 aliphatic rings. The molecule has 0 aromatic carbocycles. The van der Waals surface area contributed by atoms with Crippen LogP contribution in [0, 0.1) is 0 Å². The van der Waals surface area contributed by atoms with Crippen LogP contribution in [0.3, 0.4) is 0 Å². The third-order valence-corrected chi connectivity index (χ3v) is 3.20. The van der Waals surface area contributed by atoms with Crippen molar-refractivity contribution in [2.45, 2.75) is 12.8 Å². The largest absolute Gasteiger partial charge is 0.451 e. The number of hydrogen-bond acceptors (Lipinski definition) is 4. The molecule has 0 aromatic rings. The van der Waals surface area contributed by atoms with Crippen LogP contribution in [-0.4, -0.2) is 80.5 Å². The van der Waals surface area contributed by atoms with Gasteiger partial charge >= 0.3 is 11.8 Å². The molecule has 5 nitrogen and oxygen atoms in total. The molecule has 0 spiro atoms. The van der Waals surface area contributed by atoms with E-state index in [1.165, 1.54) is 0 Å². The number of imide groups is 1. The van der Waals surface area contributed by atoms with E-state index in [0.717, 1.165) is 25.9 Å². The number of quaternary nitrogens is 1. The van der Waals surface area contributed by atoms with Crippen LogP contribution in [0.15, 0.2) is 0 Å². The monoisotopic (exact) mass is 242 g/mol. The molecule has 0 unspecified atom stereocenters. The second-order valence-electron chi connectivity index (χ2n) is 5.34. The van der Waals surface area contributed by atoms with Crippen LogP contribution in [-0.2, 0) is 9.59 Å². The van der Waals surface area contributed by atoms with Crippen LogP contribution in [0.25, 0.3) is 0 Å². The Bertz CT molecular complexity index is 270. The maximum Gasteiger partial charge on any atom is 0.451 e. The van der Waals surface area contributed by atoms with Gasteiger partial charge in [-0.05, 0) is 28.2 Å². The zero-order valence-electron chi connectivity index (χ0n) is 11.4. The fourth-order valence-corrected chi connectivity index (χ4v) is 2.10. The summed E-state index contributed by atoms with van der Waals surface area (Å²) < 4.78 is 0.0989. The van der Waals surface area contributed by atoms with Gasteiger partial charge in [-0.3, -0.25) is 0 Å². The normalized spacial score (nSPS) is 18.2. The molecular weight excluding hydrogens is 218 g/mol. The summed E-state index contributed by atoms with van der Waals surface area (Å²) in [6, 6.07) is 0. The Morgan fingerprint density at radius 3 is 1.41 bits per heavy atom. The average molecular weight is 242 g/mol. The Morgan fingerprint density at radius 2 is 1.18 bits per heavy atom. The molecule has 0 N–H and O–H groups in total. The van der Waals surface area contributed by atoms with Gasteiger partial charge in [-0.1, -0.05) is 0 Å². The van der Waals surface area contributed by atoms with Crippen molar-refractivity contribution in [1.29, 1.82) is 0 Å². The standard InChI is InChI=1S/C12H24N3O2/c1-13(2)7-5-9-15(11(16)12(15)17)10-6-8-14(3)4/h5-10H2,1-4H3/q+1. The Morgan fingerprint density at radius 1 is 0.824 bits per heavy atom. The summed E-state index contributed by atoms with van der Waals surface area (Å²) in [6.07, 6.45) is 1.79. The molecule has 1 rings (SSSR count). The molecule has 0 aliphatic carbocycles. The Kier molecular flexibility index (Phi) is 4.80. The first-order valence-electron chi connectivity index (χ1n) is 6.16. The summed E-state index contributed by atoms with van der Waals surface area (Å²) >= 11 is 0. The van der Waals surface area contributed by atoms with E-state index in [1.54, 1.807) is 0 Å². The highest BCUT2D eigenvalue weighted by molar-refractivity contribution is 6.44. The minimum Gasteiger partial charge on any atom is -0.309 e. The SMILES string of the molecule is CN(C)CCC[N+]1(CCCN(C)C)C(=O)C1=O. The van der Waals surface area contributed by atoms with E-state index in [1.807, 2.05) is 28.2 Å². The van der Waals surface area contributed by atoms with E-state index in [2.05, 4.69) is 9.80 Å². The third kappa shape index (κ3) is 3.59. The molecule has 1 fully saturated rings. The minimum absolute atomic E-state index is 0.0989. The number of hydrogen-bond donors (Lipinski definition) is 0. The zero-order valence-corrected chi connectivity index (χ0v) is 11.4. The van der Waals surface area contributed by atoms with E-state index in [0.29, 0.717) is 13.1 Å². The lowest BCUT2D eigenvalue weighted by atomic mass is 10.3. The van der Waals surface area contributed by atoms with Crippen LogP contribution in [0.1, 0.15) is 12.8 Å². The maximum absolute atomic E-state index is 11.5. The van der Waals surface area contributed by atoms with Crippen LogP contribution >= 0.6 is 0 Å². The molecule has 17 heavy (non-hydrogen) atoms. The first-order valence-corrected chi connectivity index (χ1v) is 6.16. The molecular formula is C12H24N3O2+. The second kappa shape index (κ2) is 5.71. The number of carbonyl (C=O) groups excluding carboxylic acids is 2. The fraction of sp³-hybridized carbons (Fsp3) is 0.833. The number of nitrogens with zero attached hydrogens (tertiary/aromatic N) is 3. The van der Waals surface area contributed by atoms with Crippen molar-refractivity contribution >= 4 is 11.8 Å². The fourth-order valence-electron chi connectivity index (χ4n) is 2.10. The smallest absolute Gasteiger partial charge is 0.309 e. The van der Waals surface area contributed by atoms with Crippen molar-refractivity contribution in [3.8, 4) is 0 Å². The quantitative estimate of drug-likeness (QED) is 0.335. The third-order valence-electron chi connectivity index (χ3n) is 3.20. The lowest BCUT2D eigenvalue weighted by Gasteiger charge is -2.16. The van der Waals surface area contributed by atoms with Gasteiger partial charge in [-0.15, -0.1) is 0 Å². The highest BCUT2D eigenvalue weighted by Gasteiger charge is 2.68. The Hall–Kier alpha value is -0.780. The summed E-state index contributed by atoms with van der Waals surface area (Å²) in [5, 5.41) is 0. The molecule has 1 aliphatic heterocycles. The molecule has 98 valence electrons. The summed E-state index contributed by atoms with van der Waals surface area (Å²) in [5.41, 5.74) is 0. The van der Waals surface area contributed by atoms with Crippen LogP contribution < -0.4 is 0 Å². The van der Waals surface area contributed by atoms with Crippen molar-refractivity contribution < 1.29 is 14.1 Å². The van der Waals surface area contributed by atoms with Gasteiger partial charge in [0.2, 0.25) is 0 Å². The van der Waals surface area contributed by atoms with Gasteiger partial charge in [-0.2, -0.15) is 4.48 Å². The summed E-state index contributed by atoms with van der Waals surface area (Å²) in [6.45, 7) is 3.19. The summed E-state index contributed by atoms with van der Waals surface area (Å²) in [5.74, 6) is -0.384. The Labute approximate surface area is 104 Å². The molecule has 0 aromatic heterocycles. The molecule has 5 heteroatoms. The molecule has 0 bridgehead atoms. The van der Waals surface area contributed by atoms with Crippen molar-refractivity contribution in [1.82, 2.24) is 9.80 Å². The van der Waals surface area contributed by atoms with E-state index in [9.17, 15) is 9.59 Å². The molecule has 2 amide bonds. The van der Waals surface area contributed by atoms with E-state index in [4.69, 9.17) is 0 Å². The molecule has 0 saturated carbocycles. The predicted molar refractivity (Wildman–Crippen MR) is 66.4 cm³/mol. The first-order chi connectivity index (χ1) is 7.90. The van der Waals surface area contributed by atoms with E-state index >= 15 is 0 Å². The van der Waals surface area contributed by atoms with Gasteiger partial charge in [0, 0.05) is 25.9 Å². The number of carbonyl (C=O) groups is 2. The van der Waals surface area contributed by atoms with Crippen molar-refractivity contribution in [3.05, 3.63) is 0 Å².